The molecule has 2 nitrogen and oxygen atoms in total. The van der Waals surface area contributed by atoms with Crippen molar-refractivity contribution >= 4 is 11.6 Å². The molecule has 1 N–H and O–H groups in total. The number of nitrogens with one attached hydrogen (secondary N) is 1. The molecule has 90 valence electrons. The lowest BCUT2D eigenvalue weighted by Crippen LogP contribution is -2.36. The summed E-state index contributed by atoms with van der Waals surface area (Å²) in [5.41, 5.74) is 2.24. The van der Waals surface area contributed by atoms with Crippen LogP contribution in [0.4, 0.5) is 0 Å². The summed E-state index contributed by atoms with van der Waals surface area (Å²) in [4.78, 5) is 0. The second kappa shape index (κ2) is 5.67. The molecule has 0 saturated heterocycles. The number of rotatable bonds is 5. The van der Waals surface area contributed by atoms with Gasteiger partial charge in [0.1, 0.15) is 0 Å². The molecule has 1 rings (SSSR count). The first-order chi connectivity index (χ1) is 7.44. The maximum Gasteiger partial charge on any atom is 0.0746 e. The molecule has 0 unspecified atom stereocenters. The van der Waals surface area contributed by atoms with Gasteiger partial charge in [0, 0.05) is 25.2 Å². The van der Waals surface area contributed by atoms with E-state index in [1.165, 1.54) is 5.56 Å². The number of ether oxygens (including phenoxy) is 1. The van der Waals surface area contributed by atoms with E-state index in [-0.39, 0.29) is 5.60 Å². The Kier molecular flexibility index (Phi) is 4.78. The van der Waals surface area contributed by atoms with E-state index >= 15 is 0 Å². The van der Waals surface area contributed by atoms with Crippen LogP contribution in [0.25, 0.3) is 0 Å². The summed E-state index contributed by atoms with van der Waals surface area (Å²) in [7, 11) is 1.73. The minimum Gasteiger partial charge on any atom is -0.377 e. The van der Waals surface area contributed by atoms with Crippen LogP contribution in [0.1, 0.15) is 25.0 Å². The highest BCUT2D eigenvalue weighted by molar-refractivity contribution is 6.31. The Morgan fingerprint density at radius 3 is 2.62 bits per heavy atom. The van der Waals surface area contributed by atoms with Crippen molar-refractivity contribution in [1.29, 1.82) is 0 Å². The summed E-state index contributed by atoms with van der Waals surface area (Å²) in [6.45, 7) is 7.81. The highest BCUT2D eigenvalue weighted by atomic mass is 35.5. The maximum atomic E-state index is 5.97. The van der Waals surface area contributed by atoms with E-state index in [2.05, 4.69) is 25.2 Å². The third-order valence-corrected chi connectivity index (χ3v) is 3.08. The van der Waals surface area contributed by atoms with E-state index in [9.17, 15) is 0 Å². The molecule has 0 radical (unpaired) electrons. The Morgan fingerprint density at radius 2 is 2.06 bits per heavy atom. The molecule has 3 heteroatoms. The van der Waals surface area contributed by atoms with Crippen LogP contribution in [0.15, 0.2) is 18.2 Å². The molecule has 0 saturated carbocycles. The first kappa shape index (κ1) is 13.5. The largest absolute Gasteiger partial charge is 0.377 e. The summed E-state index contributed by atoms with van der Waals surface area (Å²) in [6.07, 6.45) is 0. The molecule has 0 amide bonds. The molecule has 0 heterocycles. The molecule has 1 aromatic carbocycles. The van der Waals surface area contributed by atoms with Crippen molar-refractivity contribution in [3.8, 4) is 0 Å². The lowest BCUT2D eigenvalue weighted by atomic mass is 10.1. The molecule has 0 bridgehead atoms. The van der Waals surface area contributed by atoms with Crippen molar-refractivity contribution in [1.82, 2.24) is 5.32 Å². The highest BCUT2D eigenvalue weighted by Crippen LogP contribution is 2.16. The minimum atomic E-state index is -0.124. The van der Waals surface area contributed by atoms with E-state index < -0.39 is 0 Å². The van der Waals surface area contributed by atoms with Crippen LogP contribution in [0.2, 0.25) is 5.02 Å². The Labute approximate surface area is 103 Å². The number of hydrogen-bond acceptors (Lipinski definition) is 2. The lowest BCUT2D eigenvalue weighted by Gasteiger charge is -2.23. The second-order valence-corrected chi connectivity index (χ2v) is 5.06. The van der Waals surface area contributed by atoms with Gasteiger partial charge in [0.25, 0.3) is 0 Å². The van der Waals surface area contributed by atoms with E-state index in [0.29, 0.717) is 0 Å². The number of benzene rings is 1. The number of aryl methyl sites for hydroxylation is 1. The predicted molar refractivity (Wildman–Crippen MR) is 69.0 cm³/mol. The van der Waals surface area contributed by atoms with Crippen molar-refractivity contribution in [2.24, 2.45) is 0 Å². The molecule has 0 aliphatic rings. The molecular weight excluding hydrogens is 222 g/mol. The summed E-state index contributed by atoms with van der Waals surface area (Å²) in [6, 6.07) is 6.09. The third kappa shape index (κ3) is 4.12. The van der Waals surface area contributed by atoms with Gasteiger partial charge in [0.05, 0.1) is 5.60 Å². The zero-order valence-corrected chi connectivity index (χ0v) is 11.2. The van der Waals surface area contributed by atoms with Crippen LogP contribution in [0.5, 0.6) is 0 Å². The number of halogens is 1. The Balaban J connectivity index is 2.46. The highest BCUT2D eigenvalue weighted by Gasteiger charge is 2.14. The van der Waals surface area contributed by atoms with Gasteiger partial charge in [-0.25, -0.2) is 0 Å². The zero-order valence-electron chi connectivity index (χ0n) is 10.4. The van der Waals surface area contributed by atoms with Crippen molar-refractivity contribution in [3.05, 3.63) is 34.3 Å². The van der Waals surface area contributed by atoms with Crippen LogP contribution in [0.3, 0.4) is 0 Å². The molecule has 0 atom stereocenters. The Bertz CT molecular complexity index is 350. The third-order valence-electron chi connectivity index (χ3n) is 2.65. The summed E-state index contributed by atoms with van der Waals surface area (Å²) in [5.74, 6) is 0. The second-order valence-electron chi connectivity index (χ2n) is 4.65. The fourth-order valence-electron chi connectivity index (χ4n) is 1.40. The fraction of sp³-hybridized carbons (Fsp3) is 0.538. The Hall–Kier alpha value is -0.570. The van der Waals surface area contributed by atoms with Crippen LogP contribution in [0, 0.1) is 6.92 Å². The monoisotopic (exact) mass is 241 g/mol. The van der Waals surface area contributed by atoms with E-state index in [0.717, 1.165) is 23.7 Å². The topological polar surface area (TPSA) is 21.3 Å². The fourth-order valence-corrected chi connectivity index (χ4v) is 1.51. The smallest absolute Gasteiger partial charge is 0.0746 e. The zero-order chi connectivity index (χ0) is 12.2. The Morgan fingerprint density at radius 1 is 1.38 bits per heavy atom. The standard InChI is InChI=1S/C13H20ClNO/c1-10-7-11(5-6-12(10)14)8-15-9-13(2,3)16-4/h5-7,15H,8-9H2,1-4H3. The molecule has 0 aliphatic carbocycles. The molecule has 0 aromatic heterocycles. The lowest BCUT2D eigenvalue weighted by molar-refractivity contribution is 0.0231. The van der Waals surface area contributed by atoms with Gasteiger partial charge in [-0.1, -0.05) is 23.7 Å². The van der Waals surface area contributed by atoms with Crippen LogP contribution in [-0.2, 0) is 11.3 Å². The van der Waals surface area contributed by atoms with Crippen molar-refractivity contribution in [2.45, 2.75) is 32.9 Å². The molecule has 0 fully saturated rings. The number of methoxy groups -OCH3 is 1. The van der Waals surface area contributed by atoms with Crippen molar-refractivity contribution in [3.63, 3.8) is 0 Å². The average Bonchev–Trinajstić information content (AvgIpc) is 2.23. The van der Waals surface area contributed by atoms with Gasteiger partial charge < -0.3 is 10.1 Å². The summed E-state index contributed by atoms with van der Waals surface area (Å²) in [5, 5.41) is 4.19. The summed E-state index contributed by atoms with van der Waals surface area (Å²) < 4.78 is 5.33. The van der Waals surface area contributed by atoms with E-state index in [1.54, 1.807) is 7.11 Å². The van der Waals surface area contributed by atoms with E-state index in [1.807, 2.05) is 19.1 Å². The van der Waals surface area contributed by atoms with Gasteiger partial charge in [-0.2, -0.15) is 0 Å². The van der Waals surface area contributed by atoms with E-state index in [4.69, 9.17) is 16.3 Å². The van der Waals surface area contributed by atoms with Crippen molar-refractivity contribution < 1.29 is 4.74 Å². The normalized spacial score (nSPS) is 11.8. The van der Waals surface area contributed by atoms with Gasteiger partial charge in [0.2, 0.25) is 0 Å². The number of hydrogen-bond donors (Lipinski definition) is 1. The molecule has 0 aliphatic heterocycles. The SMILES string of the molecule is COC(C)(C)CNCc1ccc(Cl)c(C)c1. The minimum absolute atomic E-state index is 0.124. The molecule has 0 spiro atoms. The van der Waals surface area contributed by atoms with Gasteiger partial charge >= 0.3 is 0 Å². The first-order valence-corrected chi connectivity index (χ1v) is 5.83. The summed E-state index contributed by atoms with van der Waals surface area (Å²) >= 11 is 5.97. The van der Waals surface area contributed by atoms with Gasteiger partial charge in [-0.15, -0.1) is 0 Å². The first-order valence-electron chi connectivity index (χ1n) is 5.45. The van der Waals surface area contributed by atoms with Crippen LogP contribution >= 0.6 is 11.6 Å². The van der Waals surface area contributed by atoms with Crippen LogP contribution in [-0.4, -0.2) is 19.3 Å². The molecular formula is C13H20ClNO. The predicted octanol–water partition coefficient (Wildman–Crippen LogP) is 3.16. The van der Waals surface area contributed by atoms with Gasteiger partial charge in [0.15, 0.2) is 0 Å². The molecule has 16 heavy (non-hydrogen) atoms. The van der Waals surface area contributed by atoms with Gasteiger partial charge in [-0.05, 0) is 38.0 Å². The quantitative estimate of drug-likeness (QED) is 0.855. The van der Waals surface area contributed by atoms with Crippen LogP contribution < -0.4 is 5.32 Å². The average molecular weight is 242 g/mol. The van der Waals surface area contributed by atoms with Gasteiger partial charge in [-0.3, -0.25) is 0 Å². The molecule has 1 aromatic rings. The maximum absolute atomic E-state index is 5.97. The van der Waals surface area contributed by atoms with Crippen molar-refractivity contribution in [2.75, 3.05) is 13.7 Å².